The first-order valence-corrected chi connectivity index (χ1v) is 19.2. The van der Waals surface area contributed by atoms with Crippen LogP contribution >= 0.6 is 0 Å². The molecule has 1 N–H and O–H groups in total. The van der Waals surface area contributed by atoms with Crippen molar-refractivity contribution in [2.45, 2.75) is 76.8 Å². The highest BCUT2D eigenvalue weighted by Gasteiger charge is 2.43. The number of rotatable bonds is 9. The molecular weight excluding hydrogens is 673 g/mol. The molecule has 0 amide bonds. The third kappa shape index (κ3) is 7.25. The highest BCUT2D eigenvalue weighted by atomic mass is 32.2. The molecule has 0 radical (unpaired) electrons. The van der Waals surface area contributed by atoms with Gasteiger partial charge in [-0.05, 0) is 92.5 Å². The molecule has 1 aromatic carbocycles. The second kappa shape index (κ2) is 14.6. The van der Waals surface area contributed by atoms with E-state index in [1.165, 1.54) is 14.9 Å². The van der Waals surface area contributed by atoms with Crippen LogP contribution in [0.4, 0.5) is 8.78 Å². The van der Waals surface area contributed by atoms with Gasteiger partial charge in [0.2, 0.25) is 21.7 Å². The second-order valence-electron chi connectivity index (χ2n) is 13.1. The van der Waals surface area contributed by atoms with Crippen LogP contribution < -0.4 is 4.74 Å². The lowest BCUT2D eigenvalue weighted by atomic mass is 9.66. The van der Waals surface area contributed by atoms with Gasteiger partial charge in [0.1, 0.15) is 11.5 Å². The van der Waals surface area contributed by atoms with Crippen LogP contribution in [0.2, 0.25) is 6.04 Å². The van der Waals surface area contributed by atoms with Gasteiger partial charge in [-0.3, -0.25) is 9.20 Å². The van der Waals surface area contributed by atoms with E-state index in [-0.39, 0.29) is 36.4 Å². The summed E-state index contributed by atoms with van der Waals surface area (Å²) < 4.78 is 69.8. The molecule has 1 aliphatic heterocycles. The highest BCUT2D eigenvalue weighted by molar-refractivity contribution is 7.89. The predicted molar refractivity (Wildman–Crippen MR) is 183 cm³/mol. The topological polar surface area (TPSA) is 136 Å². The number of aromatic nitrogens is 4. The number of aliphatic carboxylic acids is 1. The molecule has 1 aliphatic rings. The Morgan fingerprint density at radius 1 is 1.10 bits per heavy atom. The third-order valence-electron chi connectivity index (χ3n) is 9.47. The maximum Gasteiger partial charge on any atom is 0.309 e. The van der Waals surface area contributed by atoms with Crippen LogP contribution in [-0.2, 0) is 26.1 Å². The molecule has 15 heteroatoms. The number of fused-ring (bicyclic) bond motifs is 2. The number of aryl methyl sites for hydroxylation is 3. The van der Waals surface area contributed by atoms with Gasteiger partial charge in [0, 0.05) is 48.3 Å². The van der Waals surface area contributed by atoms with Crippen LogP contribution in [0.15, 0.2) is 47.6 Å². The first-order valence-electron chi connectivity index (χ1n) is 16.3. The maximum atomic E-state index is 14.2. The summed E-state index contributed by atoms with van der Waals surface area (Å²) in [4.78, 5) is 17.2. The number of halogens is 2. The minimum Gasteiger partial charge on any atom is -0.481 e. The summed E-state index contributed by atoms with van der Waals surface area (Å²) in [6.45, 7) is 9.87. The lowest BCUT2D eigenvalue weighted by molar-refractivity contribution is -0.148. The van der Waals surface area contributed by atoms with Gasteiger partial charge in [-0.25, -0.2) is 22.2 Å². The van der Waals surface area contributed by atoms with E-state index in [2.05, 4.69) is 15.2 Å². The minimum atomic E-state index is -4.07. The van der Waals surface area contributed by atoms with Gasteiger partial charge in [-0.15, -0.1) is 10.2 Å². The Kier molecular flexibility index (Phi) is 10.9. The van der Waals surface area contributed by atoms with Crippen LogP contribution in [0.3, 0.4) is 0 Å². The zero-order valence-corrected chi connectivity index (χ0v) is 31.4. The molecule has 0 spiro atoms. The molecular formula is C34H43F2N5O6SSi. The molecule has 264 valence electrons. The Morgan fingerprint density at radius 2 is 1.86 bits per heavy atom. The van der Waals surface area contributed by atoms with Gasteiger partial charge in [-0.1, -0.05) is 24.2 Å². The van der Waals surface area contributed by atoms with Crippen molar-refractivity contribution in [1.82, 2.24) is 23.9 Å². The Bertz CT molecular complexity index is 1950. The van der Waals surface area contributed by atoms with Crippen molar-refractivity contribution in [3.63, 3.8) is 0 Å². The number of alkyl halides is 2. The average Bonchev–Trinajstić information content (AvgIpc) is 3.49. The summed E-state index contributed by atoms with van der Waals surface area (Å²) >= 11 is 0. The van der Waals surface area contributed by atoms with Gasteiger partial charge >= 0.3 is 5.97 Å². The van der Waals surface area contributed by atoms with E-state index in [1.807, 2.05) is 25.1 Å². The van der Waals surface area contributed by atoms with Crippen molar-refractivity contribution in [3.05, 3.63) is 81.9 Å². The minimum absolute atomic E-state index is 0.0153. The number of ether oxygens (including phenoxy) is 2. The molecule has 0 saturated carbocycles. The monoisotopic (exact) mass is 715 g/mol. The van der Waals surface area contributed by atoms with Gasteiger partial charge in [0.25, 0.3) is 6.43 Å². The Labute approximate surface area is 288 Å². The average molecular weight is 716 g/mol. The molecule has 1 unspecified atom stereocenters. The van der Waals surface area contributed by atoms with E-state index in [4.69, 9.17) is 9.47 Å². The molecule has 11 nitrogen and oxygen atoms in total. The number of sulfonamides is 1. The Hall–Kier alpha value is -3.79. The molecule has 49 heavy (non-hydrogen) atoms. The summed E-state index contributed by atoms with van der Waals surface area (Å²) in [6.07, 6.45) is 0.742. The summed E-state index contributed by atoms with van der Waals surface area (Å²) in [5.74, 6) is -2.29. The SMILES string of the molecule is Cc1cnc2c(c1)S(=O)(=O)N(Cc1cc([C@@H](C(C[SiH3])c3ccn4c(C(F)F)nnc4c3C)C(C)(C)C(=O)O)ccc1C)CCCOCCO2. The molecule has 5 rings (SSSR count). The lowest BCUT2D eigenvalue weighted by Crippen LogP contribution is -2.36. The van der Waals surface area contributed by atoms with Crippen molar-refractivity contribution in [3.8, 4) is 5.88 Å². The molecule has 4 heterocycles. The quantitative estimate of drug-likeness (QED) is 0.244. The van der Waals surface area contributed by atoms with Crippen molar-refractivity contribution in [2.75, 3.05) is 26.4 Å². The maximum absolute atomic E-state index is 14.2. The summed E-state index contributed by atoms with van der Waals surface area (Å²) in [7, 11) is -3.35. The van der Waals surface area contributed by atoms with Crippen molar-refractivity contribution < 1.29 is 36.6 Å². The summed E-state index contributed by atoms with van der Waals surface area (Å²) in [6, 6.07) is 9.71. The lowest BCUT2D eigenvalue weighted by Gasteiger charge is -2.38. The molecule has 0 bridgehead atoms. The van der Waals surface area contributed by atoms with Crippen LogP contribution in [0.25, 0.3) is 5.65 Å². The van der Waals surface area contributed by atoms with Gasteiger partial charge in [0.05, 0.1) is 12.0 Å². The predicted octanol–water partition coefficient (Wildman–Crippen LogP) is 4.74. The zero-order valence-electron chi connectivity index (χ0n) is 28.6. The van der Waals surface area contributed by atoms with Crippen molar-refractivity contribution >= 4 is 31.9 Å². The Balaban J connectivity index is 1.61. The smallest absolute Gasteiger partial charge is 0.309 e. The number of pyridine rings is 2. The number of carboxylic acids is 1. The number of carboxylic acid groups (broad SMARTS) is 1. The van der Waals surface area contributed by atoms with E-state index in [1.54, 1.807) is 46.0 Å². The van der Waals surface area contributed by atoms with E-state index in [0.29, 0.717) is 42.5 Å². The molecule has 0 aliphatic carbocycles. The number of nitrogens with zero attached hydrogens (tertiary/aromatic N) is 5. The van der Waals surface area contributed by atoms with E-state index in [9.17, 15) is 27.1 Å². The van der Waals surface area contributed by atoms with Crippen molar-refractivity contribution in [2.24, 2.45) is 5.41 Å². The fraction of sp³-hybridized carbons (Fsp3) is 0.471. The molecule has 4 aromatic rings. The fourth-order valence-electron chi connectivity index (χ4n) is 6.72. The van der Waals surface area contributed by atoms with Crippen LogP contribution in [0.1, 0.15) is 77.7 Å². The normalized spacial score (nSPS) is 17.3. The number of carbonyl (C=O) groups is 1. The van der Waals surface area contributed by atoms with E-state index >= 15 is 0 Å². The van der Waals surface area contributed by atoms with Gasteiger partial charge in [0.15, 0.2) is 5.65 Å². The van der Waals surface area contributed by atoms with Crippen LogP contribution in [0, 0.1) is 26.2 Å². The Morgan fingerprint density at radius 3 is 2.55 bits per heavy atom. The van der Waals surface area contributed by atoms with E-state index < -0.39 is 39.6 Å². The van der Waals surface area contributed by atoms with Gasteiger partial charge < -0.3 is 14.6 Å². The van der Waals surface area contributed by atoms with Crippen LogP contribution in [0.5, 0.6) is 5.88 Å². The molecule has 0 saturated heterocycles. The summed E-state index contributed by atoms with van der Waals surface area (Å²) in [5.41, 5.74) is 3.49. The summed E-state index contributed by atoms with van der Waals surface area (Å²) in [5, 5.41) is 18.3. The number of benzene rings is 1. The third-order valence-corrected chi connectivity index (χ3v) is 12.2. The molecule has 0 fully saturated rings. The first kappa shape index (κ1) is 36.5. The largest absolute Gasteiger partial charge is 0.481 e. The zero-order chi connectivity index (χ0) is 35.7. The van der Waals surface area contributed by atoms with Gasteiger partial charge in [-0.2, -0.15) is 4.31 Å². The standard InChI is InChI=1S/C34H43F2N5O6SSi/c1-20-15-27-32(37-17-20)47-14-13-46-12-6-10-40(48(27,44)45)18-24-16-23(8-7-21(24)2)28(34(4,5)33(42)43)26(19-49)25-9-11-41-30(22(25)3)38-39-31(41)29(35)36/h7-9,11,15-17,26,28-29H,6,10,12-14,18-19H2,1-5,49H3,(H,42,43)/t26?,28-/m0/s1. The number of hydrogen-bond acceptors (Lipinski definition) is 8. The fourth-order valence-corrected chi connectivity index (χ4v) is 9.25. The highest BCUT2D eigenvalue weighted by Crippen LogP contribution is 2.49. The van der Waals surface area contributed by atoms with E-state index in [0.717, 1.165) is 32.5 Å². The first-order chi connectivity index (χ1) is 23.2. The van der Waals surface area contributed by atoms with Crippen molar-refractivity contribution in [1.29, 1.82) is 0 Å². The van der Waals surface area contributed by atoms with Crippen LogP contribution in [-0.4, -0.2) is 80.0 Å². The number of hydrogen-bond donors (Lipinski definition) is 1. The second-order valence-corrected chi connectivity index (χ2v) is 15.8. The molecule has 3 aromatic heterocycles. The molecule has 2 atom stereocenters.